The number of halogens is 2. The van der Waals surface area contributed by atoms with Gasteiger partial charge in [-0.1, -0.05) is 11.6 Å². The number of methoxy groups -OCH3 is 1. The third-order valence-corrected chi connectivity index (χ3v) is 2.96. The molecule has 6 heteroatoms. The Hall–Kier alpha value is -1.69. The predicted molar refractivity (Wildman–Crippen MR) is 71.4 cm³/mol. The predicted octanol–water partition coefficient (Wildman–Crippen LogP) is 2.44. The van der Waals surface area contributed by atoms with E-state index in [0.29, 0.717) is 21.9 Å². The Balaban J connectivity index is 2.50. The van der Waals surface area contributed by atoms with Crippen LogP contribution in [0.2, 0.25) is 5.02 Å². The van der Waals surface area contributed by atoms with E-state index in [1.807, 2.05) is 0 Å². The maximum atomic E-state index is 13.3. The molecule has 0 amide bonds. The second-order valence-corrected chi connectivity index (χ2v) is 4.36. The van der Waals surface area contributed by atoms with E-state index in [4.69, 9.17) is 22.2 Å². The van der Waals surface area contributed by atoms with Gasteiger partial charge in [-0.15, -0.1) is 0 Å². The summed E-state index contributed by atoms with van der Waals surface area (Å²) in [5.41, 5.74) is 3.92. The molecule has 0 bridgehead atoms. The van der Waals surface area contributed by atoms with Gasteiger partial charge in [0.2, 0.25) is 0 Å². The number of hydrazine groups is 1. The van der Waals surface area contributed by atoms with Crippen molar-refractivity contribution < 1.29 is 9.13 Å². The Morgan fingerprint density at radius 2 is 2.16 bits per heavy atom. The Bertz CT molecular complexity index is 580. The number of hydrogen-bond donors (Lipinski definition) is 2. The van der Waals surface area contributed by atoms with Crippen molar-refractivity contribution in [2.45, 2.75) is 6.04 Å². The molecule has 1 heterocycles. The Kier molecular flexibility index (Phi) is 4.31. The van der Waals surface area contributed by atoms with Crippen LogP contribution in [0.3, 0.4) is 0 Å². The maximum absolute atomic E-state index is 13.3. The van der Waals surface area contributed by atoms with Crippen molar-refractivity contribution in [3.05, 3.63) is 58.6 Å². The van der Waals surface area contributed by atoms with Gasteiger partial charge in [0.05, 0.1) is 19.3 Å². The number of aromatic nitrogens is 1. The fraction of sp³-hybridized carbons (Fsp3) is 0.154. The van der Waals surface area contributed by atoms with Gasteiger partial charge in [-0.05, 0) is 29.8 Å². The second kappa shape index (κ2) is 5.97. The zero-order valence-corrected chi connectivity index (χ0v) is 11.0. The van der Waals surface area contributed by atoms with Crippen molar-refractivity contribution >= 4 is 11.6 Å². The first-order valence-electron chi connectivity index (χ1n) is 5.55. The monoisotopic (exact) mass is 281 g/mol. The number of nitrogens with one attached hydrogen (secondary N) is 1. The molecule has 0 aliphatic heterocycles. The molecule has 0 aliphatic carbocycles. The molecule has 0 aliphatic rings. The fourth-order valence-corrected chi connectivity index (χ4v) is 2.06. The number of pyridine rings is 1. The van der Waals surface area contributed by atoms with Gasteiger partial charge in [0.15, 0.2) is 0 Å². The van der Waals surface area contributed by atoms with Crippen molar-refractivity contribution in [3.8, 4) is 5.75 Å². The van der Waals surface area contributed by atoms with Crippen LogP contribution >= 0.6 is 11.6 Å². The summed E-state index contributed by atoms with van der Waals surface area (Å²) in [7, 11) is 1.55. The van der Waals surface area contributed by atoms with Crippen LogP contribution in [-0.2, 0) is 0 Å². The number of nitrogens with zero attached hydrogens (tertiary/aromatic N) is 1. The average Bonchev–Trinajstić information content (AvgIpc) is 2.40. The second-order valence-electron chi connectivity index (χ2n) is 3.92. The number of rotatable bonds is 4. The summed E-state index contributed by atoms with van der Waals surface area (Å²) in [5.74, 6) is 5.74. The number of ether oxygens (including phenoxy) is 1. The molecule has 1 aromatic heterocycles. The number of benzene rings is 1. The lowest BCUT2D eigenvalue weighted by molar-refractivity contribution is 0.404. The largest absolute Gasteiger partial charge is 0.496 e. The molecular formula is C13H13ClFN3O. The van der Waals surface area contributed by atoms with Crippen LogP contribution in [0.1, 0.15) is 17.2 Å². The molecule has 0 radical (unpaired) electrons. The zero-order valence-electron chi connectivity index (χ0n) is 10.2. The van der Waals surface area contributed by atoms with Gasteiger partial charge in [-0.3, -0.25) is 10.8 Å². The molecule has 1 unspecified atom stereocenters. The normalized spacial score (nSPS) is 12.2. The summed E-state index contributed by atoms with van der Waals surface area (Å²) >= 11 is 5.98. The van der Waals surface area contributed by atoms with Gasteiger partial charge < -0.3 is 4.74 Å². The molecule has 3 N–H and O–H groups in total. The first kappa shape index (κ1) is 13.7. The molecule has 0 fully saturated rings. The minimum absolute atomic E-state index is 0.432. The first-order valence-corrected chi connectivity index (χ1v) is 5.93. The molecule has 0 spiro atoms. The van der Waals surface area contributed by atoms with E-state index in [2.05, 4.69) is 10.4 Å². The zero-order chi connectivity index (χ0) is 13.8. The van der Waals surface area contributed by atoms with Crippen molar-refractivity contribution in [3.63, 3.8) is 0 Å². The van der Waals surface area contributed by atoms with Crippen molar-refractivity contribution in [2.75, 3.05) is 7.11 Å². The smallest absolute Gasteiger partial charge is 0.141 e. The topological polar surface area (TPSA) is 60.2 Å². The van der Waals surface area contributed by atoms with Gasteiger partial charge in [-0.2, -0.15) is 0 Å². The lowest BCUT2D eigenvalue weighted by Crippen LogP contribution is -2.29. The van der Waals surface area contributed by atoms with Crippen LogP contribution in [0.25, 0.3) is 0 Å². The lowest BCUT2D eigenvalue weighted by atomic mass is 10.00. The molecule has 4 nitrogen and oxygen atoms in total. The summed E-state index contributed by atoms with van der Waals surface area (Å²) in [6, 6.07) is 6.06. The van der Waals surface area contributed by atoms with E-state index in [-0.39, 0.29) is 0 Å². The van der Waals surface area contributed by atoms with E-state index < -0.39 is 11.9 Å². The first-order chi connectivity index (χ1) is 9.15. The van der Waals surface area contributed by atoms with Crippen LogP contribution in [0.15, 0.2) is 36.7 Å². The minimum Gasteiger partial charge on any atom is -0.496 e. The van der Waals surface area contributed by atoms with E-state index in [9.17, 15) is 4.39 Å². The number of hydrogen-bond acceptors (Lipinski definition) is 4. The van der Waals surface area contributed by atoms with Crippen LogP contribution in [0.4, 0.5) is 4.39 Å². The maximum Gasteiger partial charge on any atom is 0.141 e. The van der Waals surface area contributed by atoms with E-state index in [1.165, 1.54) is 12.3 Å². The number of nitrogens with two attached hydrogens (primary N) is 1. The summed E-state index contributed by atoms with van der Waals surface area (Å²) in [5, 5.41) is 0.542. The van der Waals surface area contributed by atoms with Crippen molar-refractivity contribution in [1.29, 1.82) is 0 Å². The standard InChI is InChI=1S/C13H13ClFN3O/c1-19-12-3-2-9(14)5-11(12)13(18-16)8-4-10(15)7-17-6-8/h2-7,13,18H,16H2,1H3. The quantitative estimate of drug-likeness (QED) is 0.667. The van der Waals surface area contributed by atoms with Crippen LogP contribution in [0.5, 0.6) is 5.75 Å². The molecule has 2 rings (SSSR count). The van der Waals surface area contributed by atoms with Crippen molar-refractivity contribution in [1.82, 2.24) is 10.4 Å². The van der Waals surface area contributed by atoms with E-state index in [0.717, 1.165) is 6.20 Å². The molecular weight excluding hydrogens is 269 g/mol. The lowest BCUT2D eigenvalue weighted by Gasteiger charge is -2.19. The van der Waals surface area contributed by atoms with Gasteiger partial charge in [0.25, 0.3) is 0 Å². The van der Waals surface area contributed by atoms with Crippen LogP contribution in [0, 0.1) is 5.82 Å². The van der Waals surface area contributed by atoms with E-state index >= 15 is 0 Å². The SMILES string of the molecule is COc1ccc(Cl)cc1C(NN)c1cncc(F)c1. The van der Waals surface area contributed by atoms with Gasteiger partial charge in [-0.25, -0.2) is 9.82 Å². The highest BCUT2D eigenvalue weighted by molar-refractivity contribution is 6.30. The highest BCUT2D eigenvalue weighted by Crippen LogP contribution is 2.31. The molecule has 1 aromatic carbocycles. The van der Waals surface area contributed by atoms with Gasteiger partial charge in [0.1, 0.15) is 11.6 Å². The highest BCUT2D eigenvalue weighted by Gasteiger charge is 2.18. The molecule has 19 heavy (non-hydrogen) atoms. The molecule has 1 atom stereocenters. The Morgan fingerprint density at radius 3 is 2.79 bits per heavy atom. The minimum atomic E-state index is -0.461. The summed E-state index contributed by atoms with van der Waals surface area (Å²) in [4.78, 5) is 3.81. The molecule has 2 aromatic rings. The van der Waals surface area contributed by atoms with Crippen molar-refractivity contribution in [2.24, 2.45) is 5.84 Å². The summed E-state index contributed by atoms with van der Waals surface area (Å²) in [6.45, 7) is 0. The van der Waals surface area contributed by atoms with Crippen LogP contribution in [-0.4, -0.2) is 12.1 Å². The average molecular weight is 282 g/mol. The summed E-state index contributed by atoms with van der Waals surface area (Å²) in [6.07, 6.45) is 2.67. The third kappa shape index (κ3) is 3.01. The molecule has 0 saturated carbocycles. The van der Waals surface area contributed by atoms with Crippen LogP contribution < -0.4 is 16.0 Å². The Morgan fingerprint density at radius 1 is 1.37 bits per heavy atom. The molecule has 0 saturated heterocycles. The fourth-order valence-electron chi connectivity index (χ4n) is 1.88. The molecule has 100 valence electrons. The van der Waals surface area contributed by atoms with Gasteiger partial charge in [0, 0.05) is 16.8 Å². The third-order valence-electron chi connectivity index (χ3n) is 2.73. The van der Waals surface area contributed by atoms with E-state index in [1.54, 1.807) is 25.3 Å². The Labute approximate surface area is 115 Å². The highest BCUT2D eigenvalue weighted by atomic mass is 35.5. The summed E-state index contributed by atoms with van der Waals surface area (Å²) < 4.78 is 18.5. The van der Waals surface area contributed by atoms with Gasteiger partial charge >= 0.3 is 0 Å².